The van der Waals surface area contributed by atoms with Gasteiger partial charge in [-0.15, -0.1) is 0 Å². The minimum Gasteiger partial charge on any atom is -0.366 e. The van der Waals surface area contributed by atoms with E-state index in [0.717, 1.165) is 31.5 Å². The number of carbonyl (C=O) groups is 2. The minimum absolute atomic E-state index is 0.0134. The third-order valence-corrected chi connectivity index (χ3v) is 7.83. The molecule has 1 aromatic carbocycles. The van der Waals surface area contributed by atoms with Gasteiger partial charge < -0.3 is 11.1 Å². The molecule has 1 saturated carbocycles. The zero-order chi connectivity index (χ0) is 25.9. The molecule has 1 aliphatic carbocycles. The maximum Gasteiger partial charge on any atom is 0.395 e. The van der Waals surface area contributed by atoms with E-state index in [9.17, 15) is 22.8 Å². The number of aromatic nitrogens is 1. The first-order valence-electron chi connectivity index (χ1n) is 12.2. The Hall–Kier alpha value is -2.65. The van der Waals surface area contributed by atoms with E-state index in [1.165, 1.54) is 18.5 Å². The van der Waals surface area contributed by atoms with Crippen molar-refractivity contribution in [1.82, 2.24) is 15.2 Å². The Balaban J connectivity index is 1.46. The third-order valence-electron chi connectivity index (χ3n) is 7.48. The summed E-state index contributed by atoms with van der Waals surface area (Å²) in [4.78, 5) is 30.7. The second-order valence-electron chi connectivity index (χ2n) is 9.77. The first kappa shape index (κ1) is 26.4. The Morgan fingerprint density at radius 3 is 2.47 bits per heavy atom. The van der Waals surface area contributed by atoms with Gasteiger partial charge in [0, 0.05) is 47.9 Å². The molecular weight excluding hydrogens is 493 g/mol. The van der Waals surface area contributed by atoms with Gasteiger partial charge in [0.15, 0.2) is 0 Å². The van der Waals surface area contributed by atoms with Crippen LogP contribution >= 0.6 is 11.6 Å². The number of hydrogen-bond donors (Lipinski definition) is 2. The first-order chi connectivity index (χ1) is 17.1. The molecule has 2 aliphatic rings. The van der Waals surface area contributed by atoms with Gasteiger partial charge in [-0.05, 0) is 74.5 Å². The van der Waals surface area contributed by atoms with Crippen LogP contribution < -0.4 is 11.1 Å². The van der Waals surface area contributed by atoms with Crippen LogP contribution in [0.2, 0.25) is 5.02 Å². The van der Waals surface area contributed by atoms with Crippen molar-refractivity contribution in [3.8, 4) is 0 Å². The van der Waals surface area contributed by atoms with Crippen LogP contribution in [-0.2, 0) is 11.2 Å². The van der Waals surface area contributed by atoms with Crippen LogP contribution in [0.1, 0.15) is 59.5 Å². The van der Waals surface area contributed by atoms with Crippen molar-refractivity contribution >= 4 is 23.4 Å². The van der Waals surface area contributed by atoms with E-state index in [1.807, 2.05) is 0 Å². The largest absolute Gasteiger partial charge is 0.395 e. The van der Waals surface area contributed by atoms with Crippen molar-refractivity contribution in [2.75, 3.05) is 19.6 Å². The van der Waals surface area contributed by atoms with Gasteiger partial charge in [-0.2, -0.15) is 13.2 Å². The summed E-state index contributed by atoms with van der Waals surface area (Å²) in [6.07, 6.45) is 0.914. The standard InChI is InChI=1S/C26H30ClF3N4O2/c27-22-13-18(24(31)36)6-5-17(22)12-20(34-10-1-2-11-34)16-33-23(35)14-21(19-4-3-9-32-15-19)25(7-8-25)26(28,29)30/h3-6,9,13,15,20-21H,1-2,7-8,10-12,14,16H2,(H2,31,36)(H,33,35)/t20-,21-/m0/s1. The van der Waals surface area contributed by atoms with Crippen LogP contribution in [-0.4, -0.2) is 53.6 Å². The zero-order valence-corrected chi connectivity index (χ0v) is 20.6. The highest BCUT2D eigenvalue weighted by Crippen LogP contribution is 2.66. The molecule has 6 nitrogen and oxygen atoms in total. The molecule has 0 spiro atoms. The molecule has 4 rings (SSSR count). The maximum atomic E-state index is 14.0. The molecule has 1 aromatic heterocycles. The van der Waals surface area contributed by atoms with Crippen LogP contribution in [0.15, 0.2) is 42.7 Å². The highest BCUT2D eigenvalue weighted by atomic mass is 35.5. The lowest BCUT2D eigenvalue weighted by molar-refractivity contribution is -0.194. The Bertz CT molecular complexity index is 1090. The van der Waals surface area contributed by atoms with Gasteiger partial charge in [0.25, 0.3) is 0 Å². The van der Waals surface area contributed by atoms with Gasteiger partial charge in [-0.1, -0.05) is 23.7 Å². The molecule has 0 unspecified atom stereocenters. The molecule has 2 heterocycles. The molecule has 36 heavy (non-hydrogen) atoms. The number of alkyl halides is 3. The molecule has 194 valence electrons. The molecule has 0 radical (unpaired) electrons. The number of nitrogens with zero attached hydrogens (tertiary/aromatic N) is 2. The summed E-state index contributed by atoms with van der Waals surface area (Å²) in [6, 6.07) is 8.04. The molecule has 10 heteroatoms. The SMILES string of the molecule is NC(=O)c1ccc(C[C@@H](CNC(=O)C[C@@H](c2cccnc2)C2(C(F)(F)F)CC2)N2CCCC2)c(Cl)c1. The zero-order valence-electron chi connectivity index (χ0n) is 19.9. The summed E-state index contributed by atoms with van der Waals surface area (Å²) in [5.41, 5.74) is 5.01. The van der Waals surface area contributed by atoms with Crippen molar-refractivity contribution in [3.63, 3.8) is 0 Å². The molecule has 1 saturated heterocycles. The minimum atomic E-state index is -4.39. The highest BCUT2D eigenvalue weighted by molar-refractivity contribution is 6.31. The predicted molar refractivity (Wildman–Crippen MR) is 131 cm³/mol. The summed E-state index contributed by atoms with van der Waals surface area (Å²) in [6.45, 7) is 2.02. The first-order valence-corrected chi connectivity index (χ1v) is 12.5. The van der Waals surface area contributed by atoms with E-state index < -0.39 is 29.3 Å². The smallest absolute Gasteiger partial charge is 0.366 e. The molecule has 2 aromatic rings. The van der Waals surface area contributed by atoms with E-state index in [1.54, 1.807) is 24.3 Å². The fraction of sp³-hybridized carbons (Fsp3) is 0.500. The molecule has 2 amide bonds. The van der Waals surface area contributed by atoms with Gasteiger partial charge in [0.1, 0.15) is 0 Å². The van der Waals surface area contributed by atoms with E-state index in [-0.39, 0.29) is 31.8 Å². The van der Waals surface area contributed by atoms with Gasteiger partial charge in [0.2, 0.25) is 11.8 Å². The van der Waals surface area contributed by atoms with Crippen molar-refractivity contribution in [2.24, 2.45) is 11.1 Å². The summed E-state index contributed by atoms with van der Waals surface area (Å²) in [7, 11) is 0. The van der Waals surface area contributed by atoms with Crippen LogP contribution in [0.3, 0.4) is 0 Å². The lowest BCUT2D eigenvalue weighted by Crippen LogP contribution is -2.44. The van der Waals surface area contributed by atoms with Crippen LogP contribution in [0.5, 0.6) is 0 Å². The molecule has 0 bridgehead atoms. The van der Waals surface area contributed by atoms with Gasteiger partial charge >= 0.3 is 6.18 Å². The Morgan fingerprint density at radius 2 is 1.92 bits per heavy atom. The van der Waals surface area contributed by atoms with Gasteiger partial charge in [0.05, 0.1) is 5.41 Å². The Morgan fingerprint density at radius 1 is 1.19 bits per heavy atom. The van der Waals surface area contributed by atoms with Crippen molar-refractivity contribution < 1.29 is 22.8 Å². The number of pyridine rings is 1. The number of rotatable bonds is 10. The molecular formula is C26H30ClF3N4O2. The topological polar surface area (TPSA) is 88.3 Å². The number of hydrogen-bond acceptors (Lipinski definition) is 4. The van der Waals surface area contributed by atoms with Gasteiger partial charge in [-0.25, -0.2) is 0 Å². The van der Waals surface area contributed by atoms with E-state index in [4.69, 9.17) is 17.3 Å². The van der Waals surface area contributed by atoms with Crippen LogP contribution in [0, 0.1) is 5.41 Å². The quantitative estimate of drug-likeness (QED) is 0.482. The lowest BCUT2D eigenvalue weighted by atomic mass is 9.80. The molecule has 1 aliphatic heterocycles. The lowest BCUT2D eigenvalue weighted by Gasteiger charge is -2.30. The van der Waals surface area contributed by atoms with Crippen molar-refractivity contribution in [2.45, 2.75) is 56.7 Å². The fourth-order valence-corrected chi connectivity index (χ4v) is 5.48. The normalized spacial score (nSPS) is 19.0. The second-order valence-corrected chi connectivity index (χ2v) is 10.2. The number of likely N-dealkylation sites (tertiary alicyclic amines) is 1. The van der Waals surface area contributed by atoms with E-state index >= 15 is 0 Å². The Kier molecular flexibility index (Phi) is 7.90. The number of halogens is 4. The number of nitrogens with two attached hydrogens (primary N) is 1. The average molecular weight is 523 g/mol. The number of nitrogens with one attached hydrogen (secondary N) is 1. The predicted octanol–water partition coefficient (Wildman–Crippen LogP) is 4.47. The summed E-state index contributed by atoms with van der Waals surface area (Å²) < 4.78 is 41.9. The Labute approximate surface area is 213 Å². The van der Waals surface area contributed by atoms with Crippen LogP contribution in [0.4, 0.5) is 13.2 Å². The molecule has 2 fully saturated rings. The second kappa shape index (κ2) is 10.8. The average Bonchev–Trinajstić information content (AvgIpc) is 3.49. The summed E-state index contributed by atoms with van der Waals surface area (Å²) in [5.74, 6) is -1.96. The third kappa shape index (κ3) is 5.83. The highest BCUT2D eigenvalue weighted by Gasteiger charge is 2.67. The van der Waals surface area contributed by atoms with Crippen molar-refractivity contribution in [1.29, 1.82) is 0 Å². The molecule has 2 atom stereocenters. The number of primary amides is 1. The monoisotopic (exact) mass is 522 g/mol. The van der Waals surface area contributed by atoms with Gasteiger partial charge in [-0.3, -0.25) is 19.5 Å². The fourth-order valence-electron chi connectivity index (χ4n) is 5.22. The van der Waals surface area contributed by atoms with E-state index in [2.05, 4.69) is 15.2 Å². The summed E-state index contributed by atoms with van der Waals surface area (Å²) >= 11 is 6.40. The summed E-state index contributed by atoms with van der Waals surface area (Å²) in [5, 5.41) is 3.31. The maximum absolute atomic E-state index is 14.0. The number of amides is 2. The van der Waals surface area contributed by atoms with Crippen LogP contribution in [0.25, 0.3) is 0 Å². The van der Waals surface area contributed by atoms with E-state index in [0.29, 0.717) is 22.6 Å². The molecule has 3 N–H and O–H groups in total. The number of carbonyl (C=O) groups excluding carboxylic acids is 2. The van der Waals surface area contributed by atoms with Crippen molar-refractivity contribution in [3.05, 3.63) is 64.4 Å². The number of benzene rings is 1.